The molecule has 15 heavy (non-hydrogen) atoms. The molecule has 0 amide bonds. The van der Waals surface area contributed by atoms with Gasteiger partial charge >= 0.3 is 0 Å². The average molecular weight is 223 g/mol. The lowest BCUT2D eigenvalue weighted by atomic mass is 10.1. The number of rotatable bonds is 2. The molecule has 0 radical (unpaired) electrons. The van der Waals surface area contributed by atoms with Crippen LogP contribution in [-0.4, -0.2) is 15.0 Å². The molecule has 1 heterocycles. The number of nitrogens with two attached hydrogens (primary N) is 1. The molecule has 0 spiro atoms. The molecule has 0 aliphatic heterocycles. The van der Waals surface area contributed by atoms with E-state index in [0.29, 0.717) is 10.8 Å². The van der Waals surface area contributed by atoms with E-state index in [1.807, 2.05) is 31.2 Å². The van der Waals surface area contributed by atoms with Crippen LogP contribution in [0.15, 0.2) is 24.3 Å². The standard InChI is InChI=1S/C10H11ClN4/c1-2-15-9(10(12)13-14-15)7-4-3-5-8(11)6-7/h3-6H,2,12H2,1H3. The lowest BCUT2D eigenvalue weighted by Crippen LogP contribution is -2.00. The Hall–Kier alpha value is -1.55. The van der Waals surface area contributed by atoms with Crippen LogP contribution in [0, 0.1) is 0 Å². The molecule has 2 N–H and O–H groups in total. The van der Waals surface area contributed by atoms with Crippen LogP contribution in [0.25, 0.3) is 11.3 Å². The van der Waals surface area contributed by atoms with Gasteiger partial charge < -0.3 is 5.73 Å². The van der Waals surface area contributed by atoms with Gasteiger partial charge in [0, 0.05) is 17.1 Å². The maximum absolute atomic E-state index is 5.92. The summed E-state index contributed by atoms with van der Waals surface area (Å²) in [6.07, 6.45) is 0. The Morgan fingerprint density at radius 3 is 2.93 bits per heavy atom. The third-order valence-corrected chi connectivity index (χ3v) is 2.39. The third-order valence-electron chi connectivity index (χ3n) is 2.16. The SMILES string of the molecule is CCn1nnc(N)c1-c1cccc(Cl)c1. The molecule has 0 aliphatic rings. The monoisotopic (exact) mass is 222 g/mol. The van der Waals surface area contributed by atoms with Crippen molar-refractivity contribution in [2.24, 2.45) is 0 Å². The smallest absolute Gasteiger partial charge is 0.174 e. The quantitative estimate of drug-likeness (QED) is 0.848. The molecule has 0 fully saturated rings. The molecule has 0 saturated carbocycles. The molecule has 1 aromatic heterocycles. The predicted molar refractivity (Wildman–Crippen MR) is 60.6 cm³/mol. The summed E-state index contributed by atoms with van der Waals surface area (Å²) >= 11 is 5.92. The molecular formula is C10H11ClN4. The molecule has 0 unspecified atom stereocenters. The molecule has 0 aliphatic carbocycles. The Morgan fingerprint density at radius 2 is 2.27 bits per heavy atom. The molecule has 2 rings (SSSR count). The van der Waals surface area contributed by atoms with Crippen molar-refractivity contribution in [1.29, 1.82) is 0 Å². The highest BCUT2D eigenvalue weighted by molar-refractivity contribution is 6.30. The molecule has 1 aromatic carbocycles. The topological polar surface area (TPSA) is 56.7 Å². The maximum atomic E-state index is 5.92. The lowest BCUT2D eigenvalue weighted by Gasteiger charge is -2.04. The fourth-order valence-corrected chi connectivity index (χ4v) is 1.67. The first-order valence-electron chi connectivity index (χ1n) is 4.67. The van der Waals surface area contributed by atoms with E-state index in [4.69, 9.17) is 17.3 Å². The van der Waals surface area contributed by atoms with Crippen LogP contribution in [-0.2, 0) is 6.54 Å². The Balaban J connectivity index is 2.57. The molecular weight excluding hydrogens is 212 g/mol. The summed E-state index contributed by atoms with van der Waals surface area (Å²) in [5, 5.41) is 8.46. The molecule has 0 atom stereocenters. The zero-order valence-corrected chi connectivity index (χ0v) is 9.07. The Kier molecular flexibility index (Phi) is 2.60. The van der Waals surface area contributed by atoms with E-state index in [-0.39, 0.29) is 0 Å². The van der Waals surface area contributed by atoms with E-state index in [2.05, 4.69) is 10.3 Å². The lowest BCUT2D eigenvalue weighted by molar-refractivity contribution is 0.633. The highest BCUT2D eigenvalue weighted by Gasteiger charge is 2.11. The first kappa shape index (κ1) is 9.98. The van der Waals surface area contributed by atoms with E-state index in [9.17, 15) is 0 Å². The van der Waals surface area contributed by atoms with Gasteiger partial charge in [-0.1, -0.05) is 28.9 Å². The predicted octanol–water partition coefficient (Wildman–Crippen LogP) is 2.20. The molecule has 0 saturated heterocycles. The highest BCUT2D eigenvalue weighted by Crippen LogP contribution is 2.26. The molecule has 78 valence electrons. The summed E-state index contributed by atoms with van der Waals surface area (Å²) < 4.78 is 1.75. The second-order valence-corrected chi connectivity index (χ2v) is 3.59. The van der Waals surface area contributed by atoms with Crippen LogP contribution in [0.3, 0.4) is 0 Å². The Bertz CT molecular complexity index is 478. The number of anilines is 1. The van der Waals surface area contributed by atoms with E-state index < -0.39 is 0 Å². The number of halogens is 1. The van der Waals surface area contributed by atoms with Crippen LogP contribution in [0.4, 0.5) is 5.82 Å². The minimum absolute atomic E-state index is 0.430. The van der Waals surface area contributed by atoms with Crippen molar-refractivity contribution >= 4 is 17.4 Å². The maximum Gasteiger partial charge on any atom is 0.174 e. The normalized spacial score (nSPS) is 10.5. The number of aromatic nitrogens is 3. The Labute approximate surface area is 92.7 Å². The van der Waals surface area contributed by atoms with Crippen LogP contribution >= 0.6 is 11.6 Å². The number of hydrogen-bond donors (Lipinski definition) is 1. The second-order valence-electron chi connectivity index (χ2n) is 3.15. The number of benzene rings is 1. The first-order chi connectivity index (χ1) is 7.22. The largest absolute Gasteiger partial charge is 0.380 e. The van der Waals surface area contributed by atoms with E-state index in [1.165, 1.54) is 0 Å². The Morgan fingerprint density at radius 1 is 1.47 bits per heavy atom. The van der Waals surface area contributed by atoms with Crippen LogP contribution in [0.5, 0.6) is 0 Å². The van der Waals surface area contributed by atoms with Gasteiger partial charge in [-0.05, 0) is 19.1 Å². The number of aryl methyl sites for hydroxylation is 1. The van der Waals surface area contributed by atoms with Gasteiger partial charge in [-0.15, -0.1) is 5.10 Å². The van der Waals surface area contributed by atoms with Crippen molar-refractivity contribution in [2.45, 2.75) is 13.5 Å². The summed E-state index contributed by atoms with van der Waals surface area (Å²) in [7, 11) is 0. The van der Waals surface area contributed by atoms with Gasteiger partial charge in [-0.2, -0.15) is 0 Å². The molecule has 2 aromatic rings. The van der Waals surface area contributed by atoms with E-state index in [1.54, 1.807) is 4.68 Å². The average Bonchev–Trinajstić information content (AvgIpc) is 2.59. The number of nitrogen functional groups attached to an aromatic ring is 1. The highest BCUT2D eigenvalue weighted by atomic mass is 35.5. The summed E-state index contributed by atoms with van der Waals surface area (Å²) in [4.78, 5) is 0. The zero-order chi connectivity index (χ0) is 10.8. The minimum atomic E-state index is 0.430. The summed E-state index contributed by atoms with van der Waals surface area (Å²) in [6, 6.07) is 7.49. The van der Waals surface area contributed by atoms with Gasteiger partial charge in [0.15, 0.2) is 5.82 Å². The van der Waals surface area contributed by atoms with Gasteiger partial charge in [0.25, 0.3) is 0 Å². The van der Waals surface area contributed by atoms with Gasteiger partial charge in [-0.3, -0.25) is 0 Å². The van der Waals surface area contributed by atoms with Crippen molar-refractivity contribution in [1.82, 2.24) is 15.0 Å². The van der Waals surface area contributed by atoms with Gasteiger partial charge in [-0.25, -0.2) is 4.68 Å². The molecule has 4 nitrogen and oxygen atoms in total. The molecule has 0 bridgehead atoms. The number of nitrogens with zero attached hydrogens (tertiary/aromatic N) is 3. The van der Waals surface area contributed by atoms with E-state index >= 15 is 0 Å². The van der Waals surface area contributed by atoms with Gasteiger partial charge in [0.05, 0.1) is 0 Å². The van der Waals surface area contributed by atoms with Crippen molar-refractivity contribution in [3.63, 3.8) is 0 Å². The summed E-state index contributed by atoms with van der Waals surface area (Å²) in [5.74, 6) is 0.430. The summed E-state index contributed by atoms with van der Waals surface area (Å²) in [6.45, 7) is 2.72. The fourth-order valence-electron chi connectivity index (χ4n) is 1.48. The van der Waals surface area contributed by atoms with E-state index in [0.717, 1.165) is 17.8 Å². The van der Waals surface area contributed by atoms with Crippen LogP contribution in [0.2, 0.25) is 5.02 Å². The van der Waals surface area contributed by atoms with Crippen molar-refractivity contribution < 1.29 is 0 Å². The number of hydrogen-bond acceptors (Lipinski definition) is 3. The second kappa shape index (κ2) is 3.90. The minimum Gasteiger partial charge on any atom is -0.380 e. The summed E-state index contributed by atoms with van der Waals surface area (Å²) in [5.41, 5.74) is 7.52. The van der Waals surface area contributed by atoms with Gasteiger partial charge in [0.2, 0.25) is 0 Å². The van der Waals surface area contributed by atoms with Crippen molar-refractivity contribution in [2.75, 3.05) is 5.73 Å². The first-order valence-corrected chi connectivity index (χ1v) is 5.05. The third kappa shape index (κ3) is 1.80. The van der Waals surface area contributed by atoms with Crippen molar-refractivity contribution in [3.05, 3.63) is 29.3 Å². The fraction of sp³-hybridized carbons (Fsp3) is 0.200. The molecule has 5 heteroatoms. The zero-order valence-electron chi connectivity index (χ0n) is 8.31. The van der Waals surface area contributed by atoms with Crippen molar-refractivity contribution in [3.8, 4) is 11.3 Å². The van der Waals surface area contributed by atoms with Crippen LogP contribution in [0.1, 0.15) is 6.92 Å². The van der Waals surface area contributed by atoms with Gasteiger partial charge in [0.1, 0.15) is 5.69 Å². The van der Waals surface area contributed by atoms with Crippen LogP contribution < -0.4 is 5.73 Å².